The molecule has 1 aromatic rings. The molecule has 0 amide bonds. The van der Waals surface area contributed by atoms with Crippen molar-refractivity contribution in [2.75, 3.05) is 13.7 Å². The van der Waals surface area contributed by atoms with E-state index in [0.29, 0.717) is 24.5 Å². The molecule has 0 bridgehead atoms. The van der Waals surface area contributed by atoms with Crippen LogP contribution in [-0.2, 0) is 11.2 Å². The Bertz CT molecular complexity index is 360. The molecule has 0 aromatic heterocycles. The van der Waals surface area contributed by atoms with Crippen molar-refractivity contribution < 1.29 is 19.4 Å². The molecule has 0 atom stereocenters. The Hall–Kier alpha value is -1.71. The van der Waals surface area contributed by atoms with Gasteiger partial charge in [0.2, 0.25) is 0 Å². The number of hydrogen-bond donors (Lipinski definition) is 1. The first-order chi connectivity index (χ1) is 7.69. The van der Waals surface area contributed by atoms with Crippen molar-refractivity contribution in [2.24, 2.45) is 0 Å². The summed E-state index contributed by atoms with van der Waals surface area (Å²) >= 11 is 0. The molecule has 0 saturated carbocycles. The Morgan fingerprint density at radius 1 is 1.38 bits per heavy atom. The van der Waals surface area contributed by atoms with Crippen LogP contribution >= 0.6 is 0 Å². The van der Waals surface area contributed by atoms with E-state index in [-0.39, 0.29) is 6.42 Å². The normalized spacial score (nSPS) is 9.88. The van der Waals surface area contributed by atoms with Gasteiger partial charge in [0.15, 0.2) is 0 Å². The van der Waals surface area contributed by atoms with Gasteiger partial charge in [-0.25, -0.2) is 0 Å². The molecule has 88 valence electrons. The Balaban J connectivity index is 2.94. The maximum Gasteiger partial charge on any atom is 0.303 e. The van der Waals surface area contributed by atoms with Crippen LogP contribution in [0, 0.1) is 0 Å². The summed E-state index contributed by atoms with van der Waals surface area (Å²) in [5.41, 5.74) is 0.814. The van der Waals surface area contributed by atoms with E-state index in [9.17, 15) is 4.79 Å². The Morgan fingerprint density at radius 3 is 2.62 bits per heavy atom. The molecule has 0 fully saturated rings. The van der Waals surface area contributed by atoms with Crippen LogP contribution in [-0.4, -0.2) is 24.8 Å². The van der Waals surface area contributed by atoms with Crippen LogP contribution in [0.2, 0.25) is 0 Å². The van der Waals surface area contributed by atoms with Crippen LogP contribution in [0.5, 0.6) is 11.5 Å². The first-order valence-electron chi connectivity index (χ1n) is 5.19. The molecule has 0 heterocycles. The monoisotopic (exact) mass is 224 g/mol. The fraction of sp³-hybridized carbons (Fsp3) is 0.417. The highest BCUT2D eigenvalue weighted by Crippen LogP contribution is 2.29. The van der Waals surface area contributed by atoms with Gasteiger partial charge in [-0.05, 0) is 25.5 Å². The van der Waals surface area contributed by atoms with Crippen molar-refractivity contribution in [3.05, 3.63) is 23.8 Å². The van der Waals surface area contributed by atoms with Gasteiger partial charge in [0, 0.05) is 12.0 Å². The summed E-state index contributed by atoms with van der Waals surface area (Å²) in [6, 6.07) is 5.46. The van der Waals surface area contributed by atoms with Gasteiger partial charge in [-0.2, -0.15) is 0 Å². The predicted molar refractivity (Wildman–Crippen MR) is 60.1 cm³/mol. The minimum absolute atomic E-state index is 0.0699. The quantitative estimate of drug-likeness (QED) is 0.804. The molecular weight excluding hydrogens is 208 g/mol. The SMILES string of the molecule is CCOc1cccc(OC)c1CCC(=O)O. The van der Waals surface area contributed by atoms with Gasteiger partial charge in [-0.15, -0.1) is 0 Å². The van der Waals surface area contributed by atoms with E-state index in [4.69, 9.17) is 14.6 Å². The molecule has 1 aromatic carbocycles. The summed E-state index contributed by atoms with van der Waals surface area (Å²) in [4.78, 5) is 10.6. The van der Waals surface area contributed by atoms with E-state index in [0.717, 1.165) is 5.56 Å². The molecule has 0 aliphatic heterocycles. The zero-order valence-corrected chi connectivity index (χ0v) is 9.53. The second-order valence-corrected chi connectivity index (χ2v) is 3.26. The van der Waals surface area contributed by atoms with Gasteiger partial charge >= 0.3 is 5.97 Å². The van der Waals surface area contributed by atoms with Gasteiger partial charge in [0.05, 0.1) is 13.7 Å². The van der Waals surface area contributed by atoms with Crippen LogP contribution < -0.4 is 9.47 Å². The molecule has 0 radical (unpaired) electrons. The van der Waals surface area contributed by atoms with Crippen LogP contribution in [0.3, 0.4) is 0 Å². The number of ether oxygens (including phenoxy) is 2. The third-order valence-electron chi connectivity index (χ3n) is 2.20. The standard InChI is InChI=1S/C12H16O4/c1-3-16-11-6-4-5-10(15-2)9(11)7-8-12(13)14/h4-6H,3,7-8H2,1-2H3,(H,13,14). The molecule has 4 nitrogen and oxygen atoms in total. The van der Waals surface area contributed by atoms with Crippen molar-refractivity contribution in [1.82, 2.24) is 0 Å². The third kappa shape index (κ3) is 3.15. The fourth-order valence-electron chi connectivity index (χ4n) is 1.51. The van der Waals surface area contributed by atoms with E-state index >= 15 is 0 Å². The maximum absolute atomic E-state index is 10.6. The molecule has 4 heteroatoms. The second-order valence-electron chi connectivity index (χ2n) is 3.26. The number of methoxy groups -OCH3 is 1. The molecule has 0 saturated heterocycles. The van der Waals surface area contributed by atoms with Gasteiger partial charge in [-0.3, -0.25) is 4.79 Å². The topological polar surface area (TPSA) is 55.8 Å². The smallest absolute Gasteiger partial charge is 0.303 e. The van der Waals surface area contributed by atoms with Crippen molar-refractivity contribution in [2.45, 2.75) is 19.8 Å². The lowest BCUT2D eigenvalue weighted by molar-refractivity contribution is -0.136. The van der Waals surface area contributed by atoms with Gasteiger partial charge in [0.25, 0.3) is 0 Å². The maximum atomic E-state index is 10.6. The number of carboxylic acids is 1. The Morgan fingerprint density at radius 2 is 2.06 bits per heavy atom. The summed E-state index contributed by atoms with van der Waals surface area (Å²) in [7, 11) is 1.56. The number of aliphatic carboxylic acids is 1. The minimum atomic E-state index is -0.826. The summed E-state index contributed by atoms with van der Waals surface area (Å²) in [6.07, 6.45) is 0.481. The van der Waals surface area contributed by atoms with Crippen molar-refractivity contribution >= 4 is 5.97 Å². The Kier molecular flexibility index (Phi) is 4.64. The molecule has 1 rings (SSSR count). The number of carbonyl (C=O) groups is 1. The van der Waals surface area contributed by atoms with E-state index < -0.39 is 5.97 Å². The molecular formula is C12H16O4. The lowest BCUT2D eigenvalue weighted by atomic mass is 10.1. The van der Waals surface area contributed by atoms with Crippen molar-refractivity contribution in [3.63, 3.8) is 0 Å². The fourth-order valence-corrected chi connectivity index (χ4v) is 1.51. The molecule has 0 aliphatic rings. The molecule has 0 unspecified atom stereocenters. The minimum Gasteiger partial charge on any atom is -0.496 e. The summed E-state index contributed by atoms with van der Waals surface area (Å²) in [6.45, 7) is 2.44. The number of hydrogen-bond acceptors (Lipinski definition) is 3. The summed E-state index contributed by atoms with van der Waals surface area (Å²) in [5, 5.41) is 8.68. The number of carboxylic acid groups (broad SMARTS) is 1. The zero-order chi connectivity index (χ0) is 12.0. The van der Waals surface area contributed by atoms with Gasteiger partial charge in [-0.1, -0.05) is 6.07 Å². The lowest BCUT2D eigenvalue weighted by Gasteiger charge is -2.13. The molecule has 0 aliphatic carbocycles. The van der Waals surface area contributed by atoms with Gasteiger partial charge < -0.3 is 14.6 Å². The molecule has 16 heavy (non-hydrogen) atoms. The highest BCUT2D eigenvalue weighted by molar-refractivity contribution is 5.67. The van der Waals surface area contributed by atoms with Crippen LogP contribution in [0.1, 0.15) is 18.9 Å². The Labute approximate surface area is 94.8 Å². The first-order valence-corrected chi connectivity index (χ1v) is 5.19. The zero-order valence-electron chi connectivity index (χ0n) is 9.53. The van der Waals surface area contributed by atoms with Gasteiger partial charge in [0.1, 0.15) is 11.5 Å². The average Bonchev–Trinajstić information content (AvgIpc) is 2.27. The number of rotatable bonds is 6. The summed E-state index contributed by atoms with van der Waals surface area (Å²) < 4.78 is 10.6. The van der Waals surface area contributed by atoms with E-state index in [1.54, 1.807) is 13.2 Å². The highest BCUT2D eigenvalue weighted by atomic mass is 16.5. The largest absolute Gasteiger partial charge is 0.496 e. The lowest BCUT2D eigenvalue weighted by Crippen LogP contribution is -2.03. The van der Waals surface area contributed by atoms with Crippen LogP contribution in [0.15, 0.2) is 18.2 Å². The van der Waals surface area contributed by atoms with E-state index in [1.807, 2.05) is 19.1 Å². The van der Waals surface area contributed by atoms with Crippen molar-refractivity contribution in [3.8, 4) is 11.5 Å². The second kappa shape index (κ2) is 6.00. The van der Waals surface area contributed by atoms with E-state index in [1.165, 1.54) is 0 Å². The molecule has 0 spiro atoms. The van der Waals surface area contributed by atoms with Crippen LogP contribution in [0.25, 0.3) is 0 Å². The first kappa shape index (κ1) is 12.4. The summed E-state index contributed by atoms with van der Waals surface area (Å²) in [5.74, 6) is 0.545. The highest BCUT2D eigenvalue weighted by Gasteiger charge is 2.11. The predicted octanol–water partition coefficient (Wildman–Crippen LogP) is 2.11. The van der Waals surface area contributed by atoms with Crippen LogP contribution in [0.4, 0.5) is 0 Å². The van der Waals surface area contributed by atoms with E-state index in [2.05, 4.69) is 0 Å². The van der Waals surface area contributed by atoms with Crippen molar-refractivity contribution in [1.29, 1.82) is 0 Å². The average molecular weight is 224 g/mol. The third-order valence-corrected chi connectivity index (χ3v) is 2.20. The molecule has 1 N–H and O–H groups in total. The number of benzene rings is 1.